The van der Waals surface area contributed by atoms with Gasteiger partial charge in [-0.05, 0) is 31.5 Å². The molecule has 0 aliphatic carbocycles. The van der Waals surface area contributed by atoms with Crippen LogP contribution in [0, 0.1) is 0 Å². The highest BCUT2D eigenvalue weighted by molar-refractivity contribution is 6.30. The maximum absolute atomic E-state index is 12.1. The number of nitrogens with two attached hydrogens (primary N) is 1. The molecule has 104 valence electrons. The summed E-state index contributed by atoms with van der Waals surface area (Å²) in [6.45, 7) is 1.41. The largest absolute Gasteiger partial charge is 0.480 e. The van der Waals surface area contributed by atoms with Gasteiger partial charge in [0.15, 0.2) is 0 Å². The Morgan fingerprint density at radius 3 is 2.68 bits per heavy atom. The third-order valence-electron chi connectivity index (χ3n) is 2.53. The number of carbonyl (C=O) groups is 2. The predicted molar refractivity (Wildman–Crippen MR) is 74.3 cm³/mol. The molecule has 0 spiro atoms. The van der Waals surface area contributed by atoms with Crippen molar-refractivity contribution in [1.29, 1.82) is 0 Å². The SMILES string of the molecule is CC(N)CCC(=O)N(CC(=O)O)c1cccc(Cl)c1. The minimum atomic E-state index is -1.07. The van der Waals surface area contributed by atoms with Gasteiger partial charge in [-0.3, -0.25) is 9.59 Å². The zero-order chi connectivity index (χ0) is 14.4. The van der Waals surface area contributed by atoms with E-state index in [1.54, 1.807) is 31.2 Å². The lowest BCUT2D eigenvalue weighted by atomic mass is 10.1. The number of aliphatic carboxylic acids is 1. The van der Waals surface area contributed by atoms with E-state index in [-0.39, 0.29) is 18.4 Å². The fraction of sp³-hybridized carbons (Fsp3) is 0.385. The van der Waals surface area contributed by atoms with E-state index >= 15 is 0 Å². The second-order valence-corrected chi connectivity index (χ2v) is 4.81. The summed E-state index contributed by atoms with van der Waals surface area (Å²) in [7, 11) is 0. The zero-order valence-electron chi connectivity index (χ0n) is 10.7. The lowest BCUT2D eigenvalue weighted by Crippen LogP contribution is -2.36. The van der Waals surface area contributed by atoms with E-state index in [0.717, 1.165) is 0 Å². The molecule has 3 N–H and O–H groups in total. The molecule has 1 rings (SSSR count). The van der Waals surface area contributed by atoms with Gasteiger partial charge in [-0.25, -0.2) is 0 Å². The molecule has 0 aliphatic rings. The zero-order valence-corrected chi connectivity index (χ0v) is 11.4. The van der Waals surface area contributed by atoms with Crippen molar-refractivity contribution < 1.29 is 14.7 Å². The number of hydrogen-bond acceptors (Lipinski definition) is 3. The van der Waals surface area contributed by atoms with Crippen LogP contribution in [-0.2, 0) is 9.59 Å². The number of halogens is 1. The molecular formula is C13H17ClN2O3. The second-order valence-electron chi connectivity index (χ2n) is 4.37. The fourth-order valence-corrected chi connectivity index (χ4v) is 1.77. The van der Waals surface area contributed by atoms with Crippen LogP contribution in [0.15, 0.2) is 24.3 Å². The minimum absolute atomic E-state index is 0.102. The summed E-state index contributed by atoms with van der Waals surface area (Å²) in [6, 6.07) is 6.45. The number of nitrogens with zero attached hydrogens (tertiary/aromatic N) is 1. The molecule has 1 atom stereocenters. The summed E-state index contributed by atoms with van der Waals surface area (Å²) in [5.74, 6) is -1.35. The minimum Gasteiger partial charge on any atom is -0.480 e. The van der Waals surface area contributed by atoms with Crippen LogP contribution in [-0.4, -0.2) is 29.6 Å². The Kier molecular flexibility index (Phi) is 5.79. The van der Waals surface area contributed by atoms with Gasteiger partial charge < -0.3 is 15.7 Å². The number of hydrogen-bond donors (Lipinski definition) is 2. The van der Waals surface area contributed by atoms with Crippen molar-refractivity contribution in [3.8, 4) is 0 Å². The van der Waals surface area contributed by atoms with Crippen molar-refractivity contribution in [2.24, 2.45) is 5.73 Å². The fourth-order valence-electron chi connectivity index (χ4n) is 1.59. The second kappa shape index (κ2) is 7.11. The van der Waals surface area contributed by atoms with E-state index in [1.807, 2.05) is 0 Å². The van der Waals surface area contributed by atoms with Gasteiger partial charge in [0.2, 0.25) is 5.91 Å². The van der Waals surface area contributed by atoms with Gasteiger partial charge in [-0.15, -0.1) is 0 Å². The number of carboxylic acids is 1. The lowest BCUT2D eigenvalue weighted by molar-refractivity contribution is -0.136. The number of rotatable bonds is 6. The van der Waals surface area contributed by atoms with Crippen LogP contribution in [0.5, 0.6) is 0 Å². The van der Waals surface area contributed by atoms with E-state index in [4.69, 9.17) is 22.4 Å². The van der Waals surface area contributed by atoms with Crippen molar-refractivity contribution in [1.82, 2.24) is 0 Å². The summed E-state index contributed by atoms with van der Waals surface area (Å²) in [6.07, 6.45) is 0.715. The van der Waals surface area contributed by atoms with E-state index in [1.165, 1.54) is 4.90 Å². The van der Waals surface area contributed by atoms with Gasteiger partial charge in [-0.2, -0.15) is 0 Å². The van der Waals surface area contributed by atoms with Gasteiger partial charge in [0.25, 0.3) is 0 Å². The maximum Gasteiger partial charge on any atom is 0.323 e. The number of anilines is 1. The van der Waals surface area contributed by atoms with Gasteiger partial charge in [0.1, 0.15) is 6.54 Å². The number of carbonyl (C=O) groups excluding carboxylic acids is 1. The Bertz CT molecular complexity index is 463. The van der Waals surface area contributed by atoms with Crippen molar-refractivity contribution in [3.63, 3.8) is 0 Å². The highest BCUT2D eigenvalue weighted by Crippen LogP contribution is 2.20. The number of amides is 1. The molecule has 0 aliphatic heterocycles. The molecule has 0 bridgehead atoms. The average molecular weight is 285 g/mol. The molecule has 1 unspecified atom stereocenters. The molecule has 5 nitrogen and oxygen atoms in total. The van der Waals surface area contributed by atoms with Crippen molar-refractivity contribution in [2.45, 2.75) is 25.8 Å². The Morgan fingerprint density at radius 2 is 2.16 bits per heavy atom. The van der Waals surface area contributed by atoms with E-state index in [9.17, 15) is 9.59 Å². The van der Waals surface area contributed by atoms with Crippen LogP contribution in [0.1, 0.15) is 19.8 Å². The topological polar surface area (TPSA) is 83.6 Å². The van der Waals surface area contributed by atoms with E-state index in [0.29, 0.717) is 17.1 Å². The van der Waals surface area contributed by atoms with Crippen molar-refractivity contribution >= 4 is 29.2 Å². The van der Waals surface area contributed by atoms with Crippen molar-refractivity contribution in [3.05, 3.63) is 29.3 Å². The summed E-state index contributed by atoms with van der Waals surface area (Å²) in [4.78, 5) is 24.1. The highest BCUT2D eigenvalue weighted by Gasteiger charge is 2.19. The first kappa shape index (κ1) is 15.5. The van der Waals surface area contributed by atoms with Gasteiger partial charge >= 0.3 is 5.97 Å². The molecule has 19 heavy (non-hydrogen) atoms. The summed E-state index contributed by atoms with van der Waals surface area (Å²) >= 11 is 5.85. The quantitative estimate of drug-likeness (QED) is 0.835. The first-order chi connectivity index (χ1) is 8.90. The van der Waals surface area contributed by atoms with Crippen LogP contribution >= 0.6 is 11.6 Å². The lowest BCUT2D eigenvalue weighted by Gasteiger charge is -2.21. The smallest absolute Gasteiger partial charge is 0.323 e. The third-order valence-corrected chi connectivity index (χ3v) is 2.76. The standard InChI is InChI=1S/C13H17ClN2O3/c1-9(15)5-6-12(17)16(8-13(18)19)11-4-2-3-10(14)7-11/h2-4,7,9H,5-6,8,15H2,1H3,(H,18,19). The molecule has 0 aromatic heterocycles. The van der Waals surface area contributed by atoms with Gasteiger partial charge in [-0.1, -0.05) is 17.7 Å². The first-order valence-corrected chi connectivity index (χ1v) is 6.31. The summed E-state index contributed by atoms with van der Waals surface area (Å²) in [5.41, 5.74) is 6.07. The summed E-state index contributed by atoms with van der Waals surface area (Å²) in [5, 5.41) is 9.34. The molecule has 1 aromatic carbocycles. The average Bonchev–Trinajstić information content (AvgIpc) is 2.32. The molecule has 1 amide bonds. The van der Waals surface area contributed by atoms with Gasteiger partial charge in [0, 0.05) is 23.2 Å². The maximum atomic E-state index is 12.1. The summed E-state index contributed by atoms with van der Waals surface area (Å²) < 4.78 is 0. The van der Waals surface area contributed by atoms with Crippen LogP contribution in [0.2, 0.25) is 5.02 Å². The Labute approximate surface area is 117 Å². The van der Waals surface area contributed by atoms with Crippen LogP contribution < -0.4 is 10.6 Å². The van der Waals surface area contributed by atoms with Crippen LogP contribution in [0.4, 0.5) is 5.69 Å². The third kappa shape index (κ3) is 5.28. The number of benzene rings is 1. The Morgan fingerprint density at radius 1 is 1.47 bits per heavy atom. The molecule has 0 saturated carbocycles. The molecular weight excluding hydrogens is 268 g/mol. The van der Waals surface area contributed by atoms with Gasteiger partial charge in [0.05, 0.1) is 0 Å². The monoisotopic (exact) mass is 284 g/mol. The van der Waals surface area contributed by atoms with Crippen molar-refractivity contribution in [2.75, 3.05) is 11.4 Å². The molecule has 0 fully saturated rings. The molecule has 1 aromatic rings. The molecule has 0 radical (unpaired) electrons. The predicted octanol–water partition coefficient (Wildman–Crippen LogP) is 1.89. The molecule has 0 heterocycles. The normalized spacial score (nSPS) is 11.9. The first-order valence-electron chi connectivity index (χ1n) is 5.93. The molecule has 6 heteroatoms. The van der Waals surface area contributed by atoms with Crippen LogP contribution in [0.3, 0.4) is 0 Å². The van der Waals surface area contributed by atoms with E-state index in [2.05, 4.69) is 0 Å². The Balaban J connectivity index is 2.88. The van der Waals surface area contributed by atoms with E-state index < -0.39 is 12.5 Å². The Hall–Kier alpha value is -1.59. The van der Waals surface area contributed by atoms with Crippen LogP contribution in [0.25, 0.3) is 0 Å². The number of carboxylic acid groups (broad SMARTS) is 1. The molecule has 0 saturated heterocycles. The highest BCUT2D eigenvalue weighted by atomic mass is 35.5.